The van der Waals surface area contributed by atoms with Crippen molar-refractivity contribution in [2.45, 2.75) is 11.8 Å². The van der Waals surface area contributed by atoms with Crippen LogP contribution >= 0.6 is 0 Å². The van der Waals surface area contributed by atoms with Gasteiger partial charge in [-0.3, -0.25) is 14.9 Å². The molecule has 0 spiro atoms. The summed E-state index contributed by atoms with van der Waals surface area (Å²) in [4.78, 5) is 23.2. The van der Waals surface area contributed by atoms with E-state index in [0.29, 0.717) is 11.1 Å². The van der Waals surface area contributed by atoms with Crippen molar-refractivity contribution in [1.29, 1.82) is 5.26 Å². The minimum Gasteiger partial charge on any atom is -0.493 e. The number of rotatable bonds is 8. The summed E-state index contributed by atoms with van der Waals surface area (Å²) in [5.41, 5.74) is 0.260. The highest BCUT2D eigenvalue weighted by Gasteiger charge is 2.20. The van der Waals surface area contributed by atoms with Crippen LogP contribution in [0.3, 0.4) is 0 Å². The predicted molar refractivity (Wildman–Crippen MR) is 127 cm³/mol. The summed E-state index contributed by atoms with van der Waals surface area (Å²) in [7, 11) is -2.81. The Bertz CT molecular complexity index is 1460. The first-order valence-corrected chi connectivity index (χ1v) is 11.4. The summed E-state index contributed by atoms with van der Waals surface area (Å²) in [5.74, 6) is -0.901. The van der Waals surface area contributed by atoms with Crippen LogP contribution in [0.25, 0.3) is 6.08 Å². The number of methoxy groups -OCH3 is 1. The normalized spacial score (nSPS) is 11.3. The van der Waals surface area contributed by atoms with E-state index < -0.39 is 20.9 Å². The molecule has 0 radical (unpaired) electrons. The Hall–Kier alpha value is -4.69. The number of anilines is 1. The lowest BCUT2D eigenvalue weighted by molar-refractivity contribution is -0.384. The first-order chi connectivity index (χ1) is 16.6. The zero-order valence-corrected chi connectivity index (χ0v) is 19.4. The van der Waals surface area contributed by atoms with Gasteiger partial charge in [-0.15, -0.1) is 0 Å². The van der Waals surface area contributed by atoms with Gasteiger partial charge in [-0.2, -0.15) is 13.7 Å². The first kappa shape index (κ1) is 24.9. The number of benzene rings is 3. The smallest absolute Gasteiger partial charge is 0.339 e. The average Bonchev–Trinajstić information content (AvgIpc) is 2.84. The Morgan fingerprint density at radius 3 is 2.43 bits per heavy atom. The fourth-order valence-electron chi connectivity index (χ4n) is 3.00. The maximum Gasteiger partial charge on any atom is 0.339 e. The largest absolute Gasteiger partial charge is 0.493 e. The molecule has 0 heterocycles. The molecule has 3 rings (SSSR count). The van der Waals surface area contributed by atoms with Crippen LogP contribution in [0.15, 0.2) is 77.2 Å². The summed E-state index contributed by atoms with van der Waals surface area (Å²) < 4.78 is 35.4. The van der Waals surface area contributed by atoms with Gasteiger partial charge in [-0.1, -0.05) is 30.3 Å². The van der Waals surface area contributed by atoms with Crippen LogP contribution in [0.4, 0.5) is 11.4 Å². The molecule has 0 aliphatic heterocycles. The van der Waals surface area contributed by atoms with Crippen molar-refractivity contribution in [2.75, 3.05) is 12.4 Å². The molecule has 3 aromatic carbocycles. The van der Waals surface area contributed by atoms with E-state index in [4.69, 9.17) is 8.92 Å². The molecule has 178 valence electrons. The maximum atomic E-state index is 12.6. The molecular formula is C24H19N3O7S. The van der Waals surface area contributed by atoms with Gasteiger partial charge in [0.25, 0.3) is 11.6 Å². The molecule has 0 atom stereocenters. The summed E-state index contributed by atoms with van der Waals surface area (Å²) in [6.45, 7) is 1.67. The molecule has 0 bridgehead atoms. The quantitative estimate of drug-likeness (QED) is 0.161. The van der Waals surface area contributed by atoms with Crippen LogP contribution in [0, 0.1) is 28.4 Å². The molecule has 35 heavy (non-hydrogen) atoms. The van der Waals surface area contributed by atoms with Crippen LogP contribution in [-0.2, 0) is 14.9 Å². The molecule has 10 nitrogen and oxygen atoms in total. The molecule has 0 fully saturated rings. The van der Waals surface area contributed by atoms with E-state index in [9.17, 15) is 28.6 Å². The number of nitrogens with zero attached hydrogens (tertiary/aromatic N) is 2. The lowest BCUT2D eigenvalue weighted by Crippen LogP contribution is -2.14. The number of ether oxygens (including phenoxy) is 1. The number of nitrogens with one attached hydrogen (secondary N) is 1. The number of nitro benzene ring substituents is 1. The monoisotopic (exact) mass is 493 g/mol. The highest BCUT2D eigenvalue weighted by atomic mass is 32.2. The topological polar surface area (TPSA) is 149 Å². The number of nitriles is 1. The van der Waals surface area contributed by atoms with E-state index in [1.54, 1.807) is 37.3 Å². The van der Waals surface area contributed by atoms with Crippen LogP contribution in [0.1, 0.15) is 11.1 Å². The maximum absolute atomic E-state index is 12.6. The Balaban J connectivity index is 1.87. The number of aryl methyl sites for hydroxylation is 1. The second kappa shape index (κ2) is 10.5. The lowest BCUT2D eigenvalue weighted by atomic mass is 10.1. The second-order valence-electron chi connectivity index (χ2n) is 7.16. The third-order valence-corrected chi connectivity index (χ3v) is 5.94. The second-order valence-corrected chi connectivity index (χ2v) is 8.71. The molecule has 0 aliphatic rings. The number of carbonyl (C=O) groups excluding carboxylic acids is 1. The number of carbonyl (C=O) groups is 1. The molecule has 0 aromatic heterocycles. The zero-order chi connectivity index (χ0) is 25.6. The van der Waals surface area contributed by atoms with E-state index in [-0.39, 0.29) is 33.3 Å². The highest BCUT2D eigenvalue weighted by molar-refractivity contribution is 7.87. The molecule has 1 amide bonds. The summed E-state index contributed by atoms with van der Waals surface area (Å²) in [6.07, 6.45) is 1.23. The molecule has 0 saturated carbocycles. The van der Waals surface area contributed by atoms with E-state index >= 15 is 0 Å². The fourth-order valence-corrected chi connectivity index (χ4v) is 3.96. The molecule has 3 aromatic rings. The summed E-state index contributed by atoms with van der Waals surface area (Å²) in [5, 5.41) is 23.1. The number of nitro groups is 1. The van der Waals surface area contributed by atoms with Crippen molar-refractivity contribution < 1.29 is 27.1 Å². The first-order valence-electron chi connectivity index (χ1n) is 10.0. The number of hydrogen-bond donors (Lipinski definition) is 1. The van der Waals surface area contributed by atoms with Crippen molar-refractivity contribution in [3.63, 3.8) is 0 Å². The molecular weight excluding hydrogens is 474 g/mol. The van der Waals surface area contributed by atoms with Gasteiger partial charge in [0.1, 0.15) is 22.2 Å². The van der Waals surface area contributed by atoms with Crippen LogP contribution in [0.5, 0.6) is 11.5 Å². The zero-order valence-electron chi connectivity index (χ0n) is 18.6. The van der Waals surface area contributed by atoms with Crippen molar-refractivity contribution in [2.24, 2.45) is 0 Å². The lowest BCUT2D eigenvalue weighted by Gasteiger charge is -2.11. The Morgan fingerprint density at radius 1 is 1.09 bits per heavy atom. The van der Waals surface area contributed by atoms with Crippen LogP contribution in [-0.4, -0.2) is 26.4 Å². The van der Waals surface area contributed by atoms with Gasteiger partial charge < -0.3 is 14.2 Å². The number of amides is 1. The molecule has 0 aliphatic carbocycles. The van der Waals surface area contributed by atoms with Gasteiger partial charge in [-0.05, 0) is 54.5 Å². The van der Waals surface area contributed by atoms with Gasteiger partial charge in [0.15, 0.2) is 11.5 Å². The minimum atomic E-state index is -4.12. The van der Waals surface area contributed by atoms with Crippen molar-refractivity contribution in [1.82, 2.24) is 0 Å². The van der Waals surface area contributed by atoms with Gasteiger partial charge >= 0.3 is 10.1 Å². The van der Waals surface area contributed by atoms with Crippen molar-refractivity contribution >= 4 is 33.5 Å². The SMILES string of the molecule is COc1cc(/C=C(\C#N)C(=O)Nc2ccc(C)cc2[N+](=O)[O-])ccc1OS(=O)(=O)c1ccccc1. The van der Waals surface area contributed by atoms with E-state index in [1.165, 1.54) is 55.7 Å². The summed E-state index contributed by atoms with van der Waals surface area (Å²) >= 11 is 0. The predicted octanol–water partition coefficient (Wildman–Crippen LogP) is 4.23. The fraction of sp³-hybridized carbons (Fsp3) is 0.0833. The number of hydrogen-bond acceptors (Lipinski definition) is 8. The molecule has 0 unspecified atom stereocenters. The van der Waals surface area contributed by atoms with Gasteiger partial charge in [0, 0.05) is 6.07 Å². The van der Waals surface area contributed by atoms with Gasteiger partial charge in [-0.25, -0.2) is 0 Å². The molecule has 1 N–H and O–H groups in total. The Kier molecular flexibility index (Phi) is 7.48. The molecule has 11 heteroatoms. The Morgan fingerprint density at radius 2 is 1.80 bits per heavy atom. The van der Waals surface area contributed by atoms with Crippen molar-refractivity contribution in [3.8, 4) is 17.6 Å². The highest BCUT2D eigenvalue weighted by Crippen LogP contribution is 2.32. The van der Waals surface area contributed by atoms with Gasteiger partial charge in [0.2, 0.25) is 0 Å². The van der Waals surface area contributed by atoms with Crippen LogP contribution < -0.4 is 14.2 Å². The Labute approximate surface area is 201 Å². The standard InChI is InChI=1S/C24H19N3O7S/c1-16-8-10-20(21(12-16)27(29)30)26-24(28)18(15-25)13-17-9-11-22(23(14-17)33-2)34-35(31,32)19-6-4-3-5-7-19/h3-14H,1-2H3,(H,26,28)/b18-13+. The van der Waals surface area contributed by atoms with Crippen LogP contribution in [0.2, 0.25) is 0 Å². The van der Waals surface area contributed by atoms with Crippen molar-refractivity contribution in [3.05, 3.63) is 93.5 Å². The van der Waals surface area contributed by atoms with Gasteiger partial charge in [0.05, 0.1) is 12.0 Å². The molecule has 0 saturated heterocycles. The van der Waals surface area contributed by atoms with E-state index in [2.05, 4.69) is 5.32 Å². The average molecular weight is 493 g/mol. The third-order valence-electron chi connectivity index (χ3n) is 4.69. The third kappa shape index (κ3) is 6.01. The summed E-state index contributed by atoms with van der Waals surface area (Å²) in [6, 6.07) is 17.7. The van der Waals surface area contributed by atoms with E-state index in [0.717, 1.165) is 0 Å². The minimum absolute atomic E-state index is 0.0420. The van der Waals surface area contributed by atoms with E-state index in [1.807, 2.05) is 0 Å².